The maximum Gasteiger partial charge on any atom is 0.0731 e. The Bertz CT molecular complexity index is 259. The van der Waals surface area contributed by atoms with Gasteiger partial charge in [0.25, 0.3) is 0 Å². The van der Waals surface area contributed by atoms with Crippen molar-refractivity contribution >= 4 is 0 Å². The van der Waals surface area contributed by atoms with Crippen molar-refractivity contribution in [3.63, 3.8) is 0 Å². The van der Waals surface area contributed by atoms with Gasteiger partial charge in [0, 0.05) is 24.7 Å². The molecule has 2 saturated carbocycles. The molecule has 0 aromatic heterocycles. The average molecular weight is 238 g/mol. The molecule has 0 aromatic carbocycles. The van der Waals surface area contributed by atoms with Crippen LogP contribution >= 0.6 is 0 Å². The molecule has 98 valence electrons. The topological polar surface area (TPSA) is 24.5 Å². The first kappa shape index (κ1) is 11.9. The monoisotopic (exact) mass is 238 g/mol. The van der Waals surface area contributed by atoms with Crippen molar-refractivity contribution in [2.75, 3.05) is 19.7 Å². The van der Waals surface area contributed by atoms with E-state index in [0.29, 0.717) is 6.10 Å². The van der Waals surface area contributed by atoms with Crippen LogP contribution in [0.25, 0.3) is 0 Å². The summed E-state index contributed by atoms with van der Waals surface area (Å²) < 4.78 is 5.91. The lowest BCUT2D eigenvalue weighted by atomic mass is 10.1. The predicted molar refractivity (Wildman–Crippen MR) is 69.2 cm³/mol. The Morgan fingerprint density at radius 3 is 3.06 bits per heavy atom. The van der Waals surface area contributed by atoms with Gasteiger partial charge in [0.05, 0.1) is 12.7 Å². The Hall–Kier alpha value is -0.120. The van der Waals surface area contributed by atoms with Gasteiger partial charge in [-0.05, 0) is 45.1 Å². The van der Waals surface area contributed by atoms with Crippen molar-refractivity contribution in [1.82, 2.24) is 10.2 Å². The molecule has 0 spiro atoms. The smallest absolute Gasteiger partial charge is 0.0731 e. The molecule has 17 heavy (non-hydrogen) atoms. The van der Waals surface area contributed by atoms with Crippen LogP contribution < -0.4 is 5.32 Å². The van der Waals surface area contributed by atoms with E-state index in [1.807, 2.05) is 0 Å². The lowest BCUT2D eigenvalue weighted by molar-refractivity contribution is -0.0709. The average Bonchev–Trinajstić information content (AvgIpc) is 2.96. The molecule has 1 N–H and O–H groups in total. The van der Waals surface area contributed by atoms with E-state index >= 15 is 0 Å². The minimum atomic E-state index is 0.557. The van der Waals surface area contributed by atoms with Gasteiger partial charge in [-0.1, -0.05) is 6.92 Å². The van der Waals surface area contributed by atoms with E-state index in [2.05, 4.69) is 17.1 Å². The highest BCUT2D eigenvalue weighted by molar-refractivity contribution is 4.96. The Balaban J connectivity index is 1.60. The first-order valence-corrected chi connectivity index (χ1v) is 7.49. The summed E-state index contributed by atoms with van der Waals surface area (Å²) in [6.45, 7) is 5.47. The zero-order chi connectivity index (χ0) is 11.7. The summed E-state index contributed by atoms with van der Waals surface area (Å²) in [4.78, 5) is 2.79. The van der Waals surface area contributed by atoms with Crippen LogP contribution in [0.3, 0.4) is 0 Å². The second-order valence-electron chi connectivity index (χ2n) is 5.87. The highest BCUT2D eigenvalue weighted by atomic mass is 16.5. The number of hydrogen-bond acceptors (Lipinski definition) is 3. The number of nitrogens with zero attached hydrogens (tertiary/aromatic N) is 1. The molecule has 0 amide bonds. The van der Waals surface area contributed by atoms with E-state index in [4.69, 9.17) is 4.74 Å². The zero-order valence-electron chi connectivity index (χ0n) is 11.0. The van der Waals surface area contributed by atoms with Gasteiger partial charge >= 0.3 is 0 Å². The molecular formula is C14H26N2O. The van der Waals surface area contributed by atoms with Crippen LogP contribution in [0, 0.1) is 0 Å². The Morgan fingerprint density at radius 2 is 2.18 bits per heavy atom. The number of hydrogen-bond donors (Lipinski definition) is 1. The molecule has 0 radical (unpaired) electrons. The van der Waals surface area contributed by atoms with Gasteiger partial charge in [0.2, 0.25) is 0 Å². The highest BCUT2D eigenvalue weighted by Gasteiger charge is 2.41. The molecule has 1 heterocycles. The lowest BCUT2D eigenvalue weighted by Gasteiger charge is -2.41. The first-order chi connectivity index (χ1) is 8.38. The molecule has 3 fully saturated rings. The van der Waals surface area contributed by atoms with Crippen LogP contribution in [-0.2, 0) is 4.74 Å². The Morgan fingerprint density at radius 1 is 1.24 bits per heavy atom. The van der Waals surface area contributed by atoms with Crippen LogP contribution in [-0.4, -0.2) is 48.8 Å². The van der Waals surface area contributed by atoms with Crippen LogP contribution in [0.1, 0.15) is 45.4 Å². The van der Waals surface area contributed by atoms with Gasteiger partial charge in [-0.3, -0.25) is 4.90 Å². The largest absolute Gasteiger partial charge is 0.375 e. The number of ether oxygens (including phenoxy) is 1. The molecule has 2 aliphatic carbocycles. The second-order valence-corrected chi connectivity index (χ2v) is 5.87. The third-order valence-electron chi connectivity index (χ3n) is 4.89. The number of nitrogens with one attached hydrogen (secondary N) is 1. The Labute approximate surface area is 105 Å². The van der Waals surface area contributed by atoms with Crippen molar-refractivity contribution in [2.45, 2.75) is 69.7 Å². The zero-order valence-corrected chi connectivity index (χ0v) is 11.0. The summed E-state index contributed by atoms with van der Waals surface area (Å²) >= 11 is 0. The summed E-state index contributed by atoms with van der Waals surface area (Å²) in [6.07, 6.45) is 8.71. The van der Waals surface area contributed by atoms with E-state index in [1.165, 1.54) is 45.1 Å². The Kier molecular flexibility index (Phi) is 3.69. The molecule has 1 aliphatic heterocycles. The van der Waals surface area contributed by atoms with Crippen LogP contribution in [0.2, 0.25) is 0 Å². The van der Waals surface area contributed by atoms with E-state index in [9.17, 15) is 0 Å². The quantitative estimate of drug-likeness (QED) is 0.811. The normalized spacial score (nSPS) is 42.9. The van der Waals surface area contributed by atoms with Crippen molar-refractivity contribution in [1.29, 1.82) is 0 Å². The van der Waals surface area contributed by atoms with Crippen molar-refractivity contribution < 1.29 is 4.74 Å². The number of rotatable bonds is 3. The van der Waals surface area contributed by atoms with E-state index in [1.54, 1.807) is 0 Å². The molecule has 0 bridgehead atoms. The summed E-state index contributed by atoms with van der Waals surface area (Å²) in [6, 6.07) is 2.34. The predicted octanol–water partition coefficient (Wildman–Crippen LogP) is 1.77. The van der Waals surface area contributed by atoms with Crippen molar-refractivity contribution in [3.8, 4) is 0 Å². The second kappa shape index (κ2) is 5.25. The molecule has 3 nitrogen and oxygen atoms in total. The molecule has 0 aromatic rings. The lowest BCUT2D eigenvalue weighted by Crippen LogP contribution is -2.52. The number of fused-ring (bicyclic) bond motifs is 1. The maximum absolute atomic E-state index is 5.91. The molecule has 3 heteroatoms. The third kappa shape index (κ3) is 2.38. The van der Waals surface area contributed by atoms with Crippen LogP contribution in [0.4, 0.5) is 0 Å². The van der Waals surface area contributed by atoms with Gasteiger partial charge in [-0.25, -0.2) is 0 Å². The van der Waals surface area contributed by atoms with E-state index < -0.39 is 0 Å². The minimum absolute atomic E-state index is 0.557. The molecule has 3 rings (SSSR count). The standard InChI is InChI=1S/C14H26N2O/c1-2-15-11-6-7-12(10-11)16-8-9-17-14-5-3-4-13(14)16/h11-15H,2-10H2,1H3. The fraction of sp³-hybridized carbons (Fsp3) is 1.00. The minimum Gasteiger partial charge on any atom is -0.375 e. The van der Waals surface area contributed by atoms with Gasteiger partial charge in [-0.15, -0.1) is 0 Å². The molecule has 4 unspecified atom stereocenters. The SMILES string of the molecule is CCNC1CCC(N2CCOC3CCCC32)C1. The third-order valence-corrected chi connectivity index (χ3v) is 4.89. The molecular weight excluding hydrogens is 212 g/mol. The summed E-state index contributed by atoms with van der Waals surface area (Å²) in [5.41, 5.74) is 0. The van der Waals surface area contributed by atoms with E-state index in [0.717, 1.165) is 31.3 Å². The summed E-state index contributed by atoms with van der Waals surface area (Å²) in [5, 5.41) is 3.62. The van der Waals surface area contributed by atoms with E-state index in [-0.39, 0.29) is 0 Å². The summed E-state index contributed by atoms with van der Waals surface area (Å²) in [7, 11) is 0. The van der Waals surface area contributed by atoms with Gasteiger partial charge in [0.1, 0.15) is 0 Å². The molecule has 1 saturated heterocycles. The molecule has 4 atom stereocenters. The summed E-state index contributed by atoms with van der Waals surface area (Å²) in [5.74, 6) is 0. The number of morpholine rings is 1. The van der Waals surface area contributed by atoms with Gasteiger partial charge in [-0.2, -0.15) is 0 Å². The molecule has 3 aliphatic rings. The maximum atomic E-state index is 5.91. The fourth-order valence-electron chi connectivity index (χ4n) is 4.14. The van der Waals surface area contributed by atoms with Gasteiger partial charge < -0.3 is 10.1 Å². The van der Waals surface area contributed by atoms with Crippen molar-refractivity contribution in [2.24, 2.45) is 0 Å². The van der Waals surface area contributed by atoms with Crippen LogP contribution in [0.15, 0.2) is 0 Å². The first-order valence-electron chi connectivity index (χ1n) is 7.49. The van der Waals surface area contributed by atoms with Crippen molar-refractivity contribution in [3.05, 3.63) is 0 Å². The fourth-order valence-corrected chi connectivity index (χ4v) is 4.14. The van der Waals surface area contributed by atoms with Gasteiger partial charge in [0.15, 0.2) is 0 Å². The van der Waals surface area contributed by atoms with Crippen LogP contribution in [0.5, 0.6) is 0 Å². The highest BCUT2D eigenvalue weighted by Crippen LogP contribution is 2.35.